The van der Waals surface area contributed by atoms with Crippen LogP contribution in [0.3, 0.4) is 0 Å². The second-order valence-electron chi connectivity index (χ2n) is 5.58. The Bertz CT molecular complexity index is 971. The van der Waals surface area contributed by atoms with E-state index in [2.05, 4.69) is 31.0 Å². The van der Waals surface area contributed by atoms with Crippen molar-refractivity contribution in [3.05, 3.63) is 70.5 Å². The number of aromatic nitrogens is 3. The van der Waals surface area contributed by atoms with E-state index >= 15 is 0 Å². The highest BCUT2D eigenvalue weighted by Crippen LogP contribution is 2.17. The number of anilines is 1. The van der Waals surface area contributed by atoms with E-state index in [1.807, 2.05) is 19.1 Å². The number of pyridine rings is 1. The number of hydrazone groups is 1. The van der Waals surface area contributed by atoms with Crippen molar-refractivity contribution < 1.29 is 9.59 Å². The molecule has 0 aliphatic heterocycles. The quantitative estimate of drug-likeness (QED) is 0.503. The minimum atomic E-state index is -0.326. The van der Waals surface area contributed by atoms with Gasteiger partial charge in [0.15, 0.2) is 0 Å². The van der Waals surface area contributed by atoms with Gasteiger partial charge < -0.3 is 0 Å². The maximum absolute atomic E-state index is 12.2. The fourth-order valence-electron chi connectivity index (χ4n) is 2.14. The van der Waals surface area contributed by atoms with Gasteiger partial charge in [-0.05, 0) is 36.8 Å². The van der Waals surface area contributed by atoms with E-state index < -0.39 is 0 Å². The summed E-state index contributed by atoms with van der Waals surface area (Å²) in [6.07, 6.45) is 4.81. The fraction of sp³-hybridized carbons (Fsp3) is 0.111. The van der Waals surface area contributed by atoms with Crippen LogP contribution in [-0.4, -0.2) is 33.2 Å². The number of benzene rings is 1. The lowest BCUT2D eigenvalue weighted by Crippen LogP contribution is -2.19. The van der Waals surface area contributed by atoms with Crippen LogP contribution in [-0.2, 0) is 11.2 Å². The minimum absolute atomic E-state index is 0.0195. The largest absolute Gasteiger partial charge is 0.296 e. The average molecular weight is 380 g/mol. The zero-order chi connectivity index (χ0) is 19.1. The molecule has 0 bridgehead atoms. The van der Waals surface area contributed by atoms with E-state index in [9.17, 15) is 9.59 Å². The molecule has 27 heavy (non-hydrogen) atoms. The molecule has 0 saturated heterocycles. The van der Waals surface area contributed by atoms with Gasteiger partial charge in [0.05, 0.1) is 12.6 Å². The van der Waals surface area contributed by atoms with Crippen molar-refractivity contribution in [2.75, 3.05) is 5.32 Å². The van der Waals surface area contributed by atoms with E-state index in [0.717, 1.165) is 22.5 Å². The predicted molar refractivity (Wildman–Crippen MR) is 103 cm³/mol. The Balaban J connectivity index is 1.52. The molecule has 3 rings (SSSR count). The van der Waals surface area contributed by atoms with Crippen molar-refractivity contribution >= 4 is 34.5 Å². The Labute approximate surface area is 159 Å². The summed E-state index contributed by atoms with van der Waals surface area (Å²) in [5.74, 6) is -0.596. The van der Waals surface area contributed by atoms with Crippen molar-refractivity contribution in [2.24, 2.45) is 5.10 Å². The molecule has 0 saturated carbocycles. The number of nitrogens with one attached hydrogen (secondary N) is 2. The SMILES string of the molecule is Cc1cccc(C(=O)Nc2nnc(CC(=O)NN=Cc3ccncc3)s2)c1. The normalized spacial score (nSPS) is 10.7. The van der Waals surface area contributed by atoms with Gasteiger partial charge in [0.1, 0.15) is 5.01 Å². The smallest absolute Gasteiger partial charge is 0.257 e. The van der Waals surface area contributed by atoms with Crippen molar-refractivity contribution in [2.45, 2.75) is 13.3 Å². The third-order valence-corrected chi connectivity index (χ3v) is 4.23. The van der Waals surface area contributed by atoms with Gasteiger partial charge >= 0.3 is 0 Å². The minimum Gasteiger partial charge on any atom is -0.296 e. The first kappa shape index (κ1) is 18.3. The lowest BCUT2D eigenvalue weighted by atomic mass is 10.1. The van der Waals surface area contributed by atoms with E-state index in [4.69, 9.17) is 0 Å². The molecule has 0 unspecified atom stereocenters. The highest BCUT2D eigenvalue weighted by atomic mass is 32.1. The molecule has 1 aromatic carbocycles. The van der Waals surface area contributed by atoms with Crippen LogP contribution in [0.15, 0.2) is 53.9 Å². The first-order valence-electron chi connectivity index (χ1n) is 8.02. The molecule has 2 heterocycles. The number of hydrogen-bond donors (Lipinski definition) is 2. The summed E-state index contributed by atoms with van der Waals surface area (Å²) in [5.41, 5.74) is 4.77. The van der Waals surface area contributed by atoms with Crippen LogP contribution in [0.1, 0.15) is 26.5 Å². The summed E-state index contributed by atoms with van der Waals surface area (Å²) in [5, 5.41) is 15.2. The summed E-state index contributed by atoms with van der Waals surface area (Å²) in [7, 11) is 0. The Kier molecular flexibility index (Phi) is 5.95. The number of carbonyl (C=O) groups excluding carboxylic acids is 2. The maximum Gasteiger partial charge on any atom is 0.257 e. The summed E-state index contributed by atoms with van der Waals surface area (Å²) in [4.78, 5) is 28.0. The van der Waals surface area contributed by atoms with Crippen LogP contribution < -0.4 is 10.7 Å². The van der Waals surface area contributed by atoms with E-state index in [1.54, 1.807) is 36.7 Å². The lowest BCUT2D eigenvalue weighted by molar-refractivity contribution is -0.120. The van der Waals surface area contributed by atoms with Gasteiger partial charge in [-0.15, -0.1) is 10.2 Å². The number of amides is 2. The van der Waals surface area contributed by atoms with Gasteiger partial charge in [0, 0.05) is 18.0 Å². The van der Waals surface area contributed by atoms with Crippen LogP contribution in [0, 0.1) is 6.92 Å². The highest BCUT2D eigenvalue weighted by Gasteiger charge is 2.12. The molecule has 2 aromatic heterocycles. The van der Waals surface area contributed by atoms with Crippen molar-refractivity contribution in [3.63, 3.8) is 0 Å². The van der Waals surface area contributed by atoms with Gasteiger partial charge in [-0.3, -0.25) is 19.9 Å². The summed E-state index contributed by atoms with van der Waals surface area (Å²) in [6, 6.07) is 10.8. The molecular weight excluding hydrogens is 364 g/mol. The first-order valence-corrected chi connectivity index (χ1v) is 8.84. The molecule has 8 nitrogen and oxygen atoms in total. The van der Waals surface area contributed by atoms with Crippen molar-refractivity contribution in [3.8, 4) is 0 Å². The second-order valence-corrected chi connectivity index (χ2v) is 6.64. The van der Waals surface area contributed by atoms with Gasteiger partial charge in [-0.1, -0.05) is 29.0 Å². The van der Waals surface area contributed by atoms with E-state index in [0.29, 0.717) is 15.7 Å². The summed E-state index contributed by atoms with van der Waals surface area (Å²) >= 11 is 1.14. The molecule has 2 amide bonds. The van der Waals surface area contributed by atoms with Crippen LogP contribution >= 0.6 is 11.3 Å². The molecule has 0 aliphatic carbocycles. The Morgan fingerprint density at radius 1 is 1.19 bits per heavy atom. The third-order valence-electron chi connectivity index (χ3n) is 3.39. The average Bonchev–Trinajstić information content (AvgIpc) is 3.09. The molecule has 3 aromatic rings. The molecule has 9 heteroatoms. The van der Waals surface area contributed by atoms with Crippen molar-refractivity contribution in [1.82, 2.24) is 20.6 Å². The van der Waals surface area contributed by atoms with E-state index in [1.165, 1.54) is 6.21 Å². The molecule has 0 atom stereocenters. The molecule has 0 spiro atoms. The molecule has 2 N–H and O–H groups in total. The topological polar surface area (TPSA) is 109 Å². The summed E-state index contributed by atoms with van der Waals surface area (Å²) < 4.78 is 0. The molecule has 0 aliphatic rings. The van der Waals surface area contributed by atoms with Gasteiger partial charge in [0.2, 0.25) is 11.0 Å². The standard InChI is InChI=1S/C18H16N6O2S/c1-12-3-2-4-14(9-12)17(26)21-18-24-23-16(27-18)10-15(25)22-20-11-13-5-7-19-8-6-13/h2-9,11H,10H2,1H3,(H,22,25)(H,21,24,26). The van der Waals surface area contributed by atoms with Gasteiger partial charge in [0.25, 0.3) is 5.91 Å². The number of hydrogen-bond acceptors (Lipinski definition) is 7. The van der Waals surface area contributed by atoms with Crippen LogP contribution in [0.4, 0.5) is 5.13 Å². The Morgan fingerprint density at radius 2 is 2.00 bits per heavy atom. The van der Waals surface area contributed by atoms with Crippen LogP contribution in [0.5, 0.6) is 0 Å². The Hall–Kier alpha value is -3.46. The van der Waals surface area contributed by atoms with E-state index in [-0.39, 0.29) is 18.2 Å². The summed E-state index contributed by atoms with van der Waals surface area (Å²) in [6.45, 7) is 1.91. The Morgan fingerprint density at radius 3 is 2.78 bits per heavy atom. The molecule has 136 valence electrons. The predicted octanol–water partition coefficient (Wildman–Crippen LogP) is 2.19. The third kappa shape index (κ3) is 5.51. The first-order chi connectivity index (χ1) is 13.1. The number of aryl methyl sites for hydroxylation is 1. The monoisotopic (exact) mass is 380 g/mol. The maximum atomic E-state index is 12.2. The molecule has 0 radical (unpaired) electrons. The second kappa shape index (κ2) is 8.77. The zero-order valence-electron chi connectivity index (χ0n) is 14.4. The van der Waals surface area contributed by atoms with Crippen LogP contribution in [0.25, 0.3) is 0 Å². The fourth-order valence-corrected chi connectivity index (χ4v) is 2.87. The lowest BCUT2D eigenvalue weighted by Gasteiger charge is -2.01. The number of carbonyl (C=O) groups is 2. The van der Waals surface area contributed by atoms with Crippen molar-refractivity contribution in [1.29, 1.82) is 0 Å². The van der Waals surface area contributed by atoms with Gasteiger partial charge in [-0.2, -0.15) is 5.10 Å². The number of rotatable bonds is 6. The zero-order valence-corrected chi connectivity index (χ0v) is 15.2. The molecular formula is C18H16N6O2S. The van der Waals surface area contributed by atoms with Crippen LogP contribution in [0.2, 0.25) is 0 Å². The highest BCUT2D eigenvalue weighted by molar-refractivity contribution is 7.15. The molecule has 0 fully saturated rings. The van der Waals surface area contributed by atoms with Gasteiger partial charge in [-0.25, -0.2) is 5.43 Å². The number of nitrogens with zero attached hydrogens (tertiary/aromatic N) is 4.